The molecule has 2 nitrogen and oxygen atoms in total. The fraction of sp³-hybridized carbons (Fsp3) is 0.188. The summed E-state index contributed by atoms with van der Waals surface area (Å²) in [6.45, 7) is 5.83. The molecule has 1 rings (SSSR count). The summed E-state index contributed by atoms with van der Waals surface area (Å²) in [4.78, 5) is 8.61. The predicted molar refractivity (Wildman–Crippen MR) is 80.0 cm³/mol. The predicted octanol–water partition coefficient (Wildman–Crippen LogP) is 4.16. The van der Waals surface area contributed by atoms with Gasteiger partial charge in [-0.25, -0.2) is 0 Å². The molecular formula is C16H18N2. The van der Waals surface area contributed by atoms with Crippen LogP contribution in [0.1, 0.15) is 20.8 Å². The SMILES string of the molecule is CC=NC1=C=C(/C=C\C)C=C(N=C/C=C\C)C=C1. The number of rotatable bonds is 4. The normalized spacial score (nSPS) is 16.7. The van der Waals surface area contributed by atoms with Crippen LogP contribution in [0.15, 0.2) is 75.2 Å². The van der Waals surface area contributed by atoms with E-state index < -0.39 is 0 Å². The summed E-state index contributed by atoms with van der Waals surface area (Å²) in [5, 5.41) is 0. The molecule has 0 saturated heterocycles. The van der Waals surface area contributed by atoms with E-state index in [1.165, 1.54) is 0 Å². The average Bonchev–Trinajstić information content (AvgIpc) is 2.53. The van der Waals surface area contributed by atoms with Crippen LogP contribution in [0, 0.1) is 0 Å². The molecule has 0 amide bonds. The van der Waals surface area contributed by atoms with Crippen LogP contribution >= 0.6 is 0 Å². The standard InChI is InChI=1S/C16H18N2/c1-4-7-11-18-16-10-9-15(17-6-3)12-14(13-16)8-5-2/h4-11,13H,1-3H3/b7-4-,8-5-,17-6?,18-11?. The summed E-state index contributed by atoms with van der Waals surface area (Å²) in [6, 6.07) is 0. The molecule has 0 fully saturated rings. The molecule has 92 valence electrons. The smallest absolute Gasteiger partial charge is 0.105 e. The fourth-order valence-corrected chi connectivity index (χ4v) is 1.38. The van der Waals surface area contributed by atoms with Gasteiger partial charge in [0.25, 0.3) is 0 Å². The van der Waals surface area contributed by atoms with E-state index in [4.69, 9.17) is 0 Å². The van der Waals surface area contributed by atoms with E-state index in [9.17, 15) is 0 Å². The van der Waals surface area contributed by atoms with Gasteiger partial charge >= 0.3 is 0 Å². The molecule has 18 heavy (non-hydrogen) atoms. The van der Waals surface area contributed by atoms with E-state index in [2.05, 4.69) is 15.7 Å². The molecule has 0 aromatic rings. The van der Waals surface area contributed by atoms with Crippen LogP contribution in [0.4, 0.5) is 0 Å². The van der Waals surface area contributed by atoms with Crippen LogP contribution in [-0.2, 0) is 0 Å². The highest BCUT2D eigenvalue weighted by molar-refractivity contribution is 5.72. The summed E-state index contributed by atoms with van der Waals surface area (Å²) in [5.41, 5.74) is 5.89. The minimum absolute atomic E-state index is 0.804. The quantitative estimate of drug-likeness (QED) is 0.519. The highest BCUT2D eigenvalue weighted by Gasteiger charge is 1.97. The van der Waals surface area contributed by atoms with E-state index in [0.29, 0.717) is 0 Å². The third kappa shape index (κ3) is 4.77. The number of allylic oxidation sites excluding steroid dienone is 7. The maximum atomic E-state index is 4.36. The Morgan fingerprint density at radius 1 is 1.06 bits per heavy atom. The van der Waals surface area contributed by atoms with Crippen LogP contribution in [0.25, 0.3) is 0 Å². The van der Waals surface area contributed by atoms with Crippen LogP contribution in [-0.4, -0.2) is 12.4 Å². The summed E-state index contributed by atoms with van der Waals surface area (Å²) < 4.78 is 0. The molecule has 0 N–H and O–H groups in total. The van der Waals surface area contributed by atoms with Crippen molar-refractivity contribution in [1.82, 2.24) is 0 Å². The summed E-state index contributed by atoms with van der Waals surface area (Å²) in [7, 11) is 0. The van der Waals surface area contributed by atoms with Crippen LogP contribution in [0.5, 0.6) is 0 Å². The first kappa shape index (κ1) is 13.9. The van der Waals surface area contributed by atoms with Crippen molar-refractivity contribution in [1.29, 1.82) is 0 Å². The van der Waals surface area contributed by atoms with Gasteiger partial charge in [0, 0.05) is 18.0 Å². The zero-order valence-electron chi connectivity index (χ0n) is 11.1. The third-order valence-corrected chi connectivity index (χ3v) is 2.10. The largest absolute Gasteiger partial charge is 0.257 e. The number of nitrogens with zero attached hydrogens (tertiary/aromatic N) is 2. The van der Waals surface area contributed by atoms with E-state index in [1.807, 2.05) is 63.3 Å². The van der Waals surface area contributed by atoms with Crippen molar-refractivity contribution in [2.45, 2.75) is 20.8 Å². The summed E-state index contributed by atoms with van der Waals surface area (Å²) in [6.07, 6.45) is 17.2. The van der Waals surface area contributed by atoms with E-state index in [1.54, 1.807) is 12.4 Å². The lowest BCUT2D eigenvalue weighted by atomic mass is 10.2. The Balaban J connectivity index is 3.10. The zero-order chi connectivity index (χ0) is 13.2. The molecular weight excluding hydrogens is 220 g/mol. The van der Waals surface area contributed by atoms with Gasteiger partial charge in [-0.15, -0.1) is 0 Å². The first-order valence-electron chi connectivity index (χ1n) is 5.97. The summed E-state index contributed by atoms with van der Waals surface area (Å²) >= 11 is 0. The molecule has 0 spiro atoms. The highest BCUT2D eigenvalue weighted by atomic mass is 14.7. The Kier molecular flexibility index (Phi) is 6.16. The number of aliphatic imine (C=N–C) groups is 2. The molecule has 0 aromatic heterocycles. The Morgan fingerprint density at radius 2 is 1.89 bits per heavy atom. The molecule has 0 bridgehead atoms. The van der Waals surface area contributed by atoms with Gasteiger partial charge in [-0.3, -0.25) is 9.98 Å². The van der Waals surface area contributed by atoms with Crippen LogP contribution < -0.4 is 0 Å². The lowest BCUT2D eigenvalue weighted by molar-refractivity contribution is 1.40. The van der Waals surface area contributed by atoms with Crippen molar-refractivity contribution in [2.75, 3.05) is 0 Å². The van der Waals surface area contributed by atoms with Gasteiger partial charge < -0.3 is 0 Å². The van der Waals surface area contributed by atoms with E-state index >= 15 is 0 Å². The molecule has 0 aliphatic heterocycles. The Bertz CT molecular complexity index is 517. The lowest BCUT2D eigenvalue weighted by Gasteiger charge is -1.91. The van der Waals surface area contributed by atoms with Gasteiger partial charge in [0.15, 0.2) is 0 Å². The molecule has 1 aliphatic carbocycles. The van der Waals surface area contributed by atoms with Crippen LogP contribution in [0.2, 0.25) is 0 Å². The van der Waals surface area contributed by atoms with Crippen molar-refractivity contribution in [3.8, 4) is 0 Å². The molecule has 0 unspecified atom stereocenters. The molecule has 1 aliphatic rings. The Labute approximate surface area is 109 Å². The maximum absolute atomic E-state index is 4.36. The monoisotopic (exact) mass is 238 g/mol. The van der Waals surface area contributed by atoms with Gasteiger partial charge in [0.2, 0.25) is 0 Å². The second-order valence-corrected chi connectivity index (χ2v) is 3.56. The summed E-state index contributed by atoms with van der Waals surface area (Å²) in [5.74, 6) is 0. The highest BCUT2D eigenvalue weighted by Crippen LogP contribution is 2.13. The lowest BCUT2D eigenvalue weighted by Crippen LogP contribution is -1.75. The first-order valence-corrected chi connectivity index (χ1v) is 5.97. The van der Waals surface area contributed by atoms with E-state index in [0.717, 1.165) is 17.0 Å². The zero-order valence-corrected chi connectivity index (χ0v) is 11.1. The van der Waals surface area contributed by atoms with Gasteiger partial charge in [-0.1, -0.05) is 24.0 Å². The minimum atomic E-state index is 0.804. The number of hydrogen-bond donors (Lipinski definition) is 0. The van der Waals surface area contributed by atoms with E-state index in [-0.39, 0.29) is 0 Å². The topological polar surface area (TPSA) is 24.7 Å². The van der Waals surface area contributed by atoms with Crippen molar-refractivity contribution < 1.29 is 0 Å². The Hall–Kier alpha value is -2.18. The molecule has 0 radical (unpaired) electrons. The first-order chi connectivity index (χ1) is 8.80. The molecule has 0 heterocycles. The van der Waals surface area contributed by atoms with Crippen molar-refractivity contribution in [3.05, 3.63) is 65.2 Å². The van der Waals surface area contributed by atoms with Crippen LogP contribution in [0.3, 0.4) is 0 Å². The second-order valence-electron chi connectivity index (χ2n) is 3.56. The third-order valence-electron chi connectivity index (χ3n) is 2.10. The molecule has 2 heteroatoms. The number of hydrogen-bond acceptors (Lipinski definition) is 2. The van der Waals surface area contributed by atoms with Gasteiger partial charge in [-0.05, 0) is 45.1 Å². The van der Waals surface area contributed by atoms with Crippen molar-refractivity contribution in [2.24, 2.45) is 9.98 Å². The van der Waals surface area contributed by atoms with Gasteiger partial charge in [-0.2, -0.15) is 0 Å². The average molecular weight is 238 g/mol. The van der Waals surface area contributed by atoms with Gasteiger partial charge in [0.1, 0.15) is 5.70 Å². The van der Waals surface area contributed by atoms with Crippen molar-refractivity contribution >= 4 is 12.4 Å². The molecule has 0 atom stereocenters. The minimum Gasteiger partial charge on any atom is -0.257 e. The van der Waals surface area contributed by atoms with Gasteiger partial charge in [0.05, 0.1) is 5.70 Å². The maximum Gasteiger partial charge on any atom is 0.105 e. The molecule has 0 aromatic carbocycles. The molecule has 0 saturated carbocycles. The fourth-order valence-electron chi connectivity index (χ4n) is 1.38. The Morgan fingerprint density at radius 3 is 2.56 bits per heavy atom. The second kappa shape index (κ2) is 7.99. The van der Waals surface area contributed by atoms with Crippen molar-refractivity contribution in [3.63, 3.8) is 0 Å².